The fourth-order valence-corrected chi connectivity index (χ4v) is 18.4. The zero-order valence-corrected chi connectivity index (χ0v) is 65.8. The molecule has 7 heteroatoms. The van der Waals surface area contributed by atoms with Crippen molar-refractivity contribution in [1.29, 1.82) is 0 Å². The maximum Gasteiger partial charge on any atom is 0.148 e. The molecule has 5 heterocycles. The zero-order chi connectivity index (χ0) is 75.3. The molecule has 0 fully saturated rings. The van der Waals surface area contributed by atoms with Gasteiger partial charge in [0.05, 0.1) is 38.8 Å². The lowest BCUT2D eigenvalue weighted by atomic mass is 9.59. The summed E-state index contributed by atoms with van der Waals surface area (Å²) in [6, 6.07) is 90.0. The molecule has 18 rings (SSSR count). The van der Waals surface area contributed by atoms with Gasteiger partial charge in [0, 0.05) is 33.4 Å². The van der Waals surface area contributed by atoms with E-state index >= 15 is 0 Å². The molecular formula is C101H95N7. The molecule has 0 spiro atoms. The molecule has 0 radical (unpaired) electrons. The fraction of sp³-hybridized carbons (Fsp3) is 0.257. The van der Waals surface area contributed by atoms with E-state index in [0.29, 0.717) is 0 Å². The highest BCUT2D eigenvalue weighted by atomic mass is 15.1. The van der Waals surface area contributed by atoms with Crippen LogP contribution in [0.3, 0.4) is 0 Å². The van der Waals surface area contributed by atoms with Gasteiger partial charge in [0.25, 0.3) is 0 Å². The van der Waals surface area contributed by atoms with Crippen LogP contribution in [0.4, 0.5) is 0 Å². The van der Waals surface area contributed by atoms with E-state index in [1.165, 1.54) is 33.4 Å². The van der Waals surface area contributed by atoms with Crippen LogP contribution in [-0.2, 0) is 32.5 Å². The van der Waals surface area contributed by atoms with Gasteiger partial charge in [0.1, 0.15) is 22.9 Å². The van der Waals surface area contributed by atoms with Gasteiger partial charge < -0.3 is 0 Å². The molecule has 0 saturated carbocycles. The number of benzene rings is 11. The Bertz CT molecular complexity index is 6130. The van der Waals surface area contributed by atoms with E-state index in [-0.39, 0.29) is 43.3 Å². The maximum absolute atomic E-state index is 5.70. The number of rotatable bonds is 9. The molecule has 0 amide bonds. The van der Waals surface area contributed by atoms with Gasteiger partial charge in [-0.15, -0.1) is 0 Å². The first-order valence-corrected chi connectivity index (χ1v) is 38.6. The Labute approximate surface area is 635 Å². The second-order valence-electron chi connectivity index (χ2n) is 36.3. The number of imidazole rings is 2. The van der Waals surface area contributed by atoms with Crippen molar-refractivity contribution in [3.8, 4) is 100 Å². The zero-order valence-electron chi connectivity index (χ0n) is 65.8. The average Bonchev–Trinajstić information content (AvgIpc) is 1.53. The standard InChI is InChI=1S/C101H95N7/c1-94(2,3)92-105-84-54-66(44-46-77(84)90-103-86-56-79-81(58-88(86)107(90)92)98(11,12)100(15,16)96(79,7)8)72-31-23-26-34-75(72)69-50-68(74-33-25-22-30-71(74)63-40-42-64(43-41-63)83-53-65(48-49-102-83)62-38-36-61(37-39-62)60-28-20-19-21-29-60)51-70(52-69)76-35-27-24-32-73(76)67-45-47-78-85(55-67)106-93(95(4,5)6)108-89-59-82-80(57-87(89)104-91(78)108)97(9,10)101(17,18)99(82,13)14/h19-59H,1-18H3. The molecule has 0 saturated heterocycles. The van der Waals surface area contributed by atoms with Crippen molar-refractivity contribution >= 4 is 55.2 Å². The Balaban J connectivity index is 0.782. The summed E-state index contributed by atoms with van der Waals surface area (Å²) in [7, 11) is 0. The number of hydrogen-bond donors (Lipinski definition) is 0. The Morgan fingerprint density at radius 2 is 0.583 bits per heavy atom. The van der Waals surface area contributed by atoms with Crippen molar-refractivity contribution in [2.75, 3.05) is 0 Å². The molecule has 108 heavy (non-hydrogen) atoms. The summed E-state index contributed by atoms with van der Waals surface area (Å²) in [6.07, 6.45) is 1.93. The van der Waals surface area contributed by atoms with Gasteiger partial charge in [0.2, 0.25) is 0 Å². The Morgan fingerprint density at radius 3 is 0.981 bits per heavy atom. The van der Waals surface area contributed by atoms with Gasteiger partial charge >= 0.3 is 0 Å². The van der Waals surface area contributed by atoms with E-state index < -0.39 is 0 Å². The van der Waals surface area contributed by atoms with Crippen molar-refractivity contribution in [1.82, 2.24) is 33.7 Å². The second kappa shape index (κ2) is 23.7. The first-order valence-electron chi connectivity index (χ1n) is 38.6. The van der Waals surface area contributed by atoms with Crippen LogP contribution in [-0.4, -0.2) is 33.7 Å². The van der Waals surface area contributed by atoms with Crippen molar-refractivity contribution in [3.63, 3.8) is 0 Å². The van der Waals surface area contributed by atoms with Gasteiger partial charge in [-0.1, -0.05) is 288 Å². The third-order valence-electron chi connectivity index (χ3n) is 27.1. The minimum atomic E-state index is -0.305. The molecule has 5 aromatic heterocycles. The van der Waals surface area contributed by atoms with Crippen molar-refractivity contribution < 1.29 is 0 Å². The van der Waals surface area contributed by atoms with Gasteiger partial charge in [-0.05, 0) is 223 Å². The summed E-state index contributed by atoms with van der Waals surface area (Å²) in [5.41, 5.74) is 32.8. The largest absolute Gasteiger partial charge is 0.279 e. The summed E-state index contributed by atoms with van der Waals surface area (Å²) < 4.78 is 4.73. The summed E-state index contributed by atoms with van der Waals surface area (Å²) in [6.45, 7) is 42.7. The van der Waals surface area contributed by atoms with E-state index in [2.05, 4.69) is 376 Å². The molecule has 0 bridgehead atoms. The van der Waals surface area contributed by atoms with Crippen LogP contribution in [0.5, 0.6) is 0 Å². The molecule has 534 valence electrons. The van der Waals surface area contributed by atoms with E-state index in [1.54, 1.807) is 0 Å². The van der Waals surface area contributed by atoms with E-state index in [0.717, 1.165) is 156 Å². The predicted molar refractivity (Wildman–Crippen MR) is 453 cm³/mol. The minimum absolute atomic E-state index is 0.0255. The Kier molecular flexibility index (Phi) is 15.0. The molecular weight excluding hydrogens is 1310 g/mol. The third kappa shape index (κ3) is 10.2. The highest BCUT2D eigenvalue weighted by Gasteiger charge is 2.58. The van der Waals surface area contributed by atoms with Crippen molar-refractivity contribution in [2.45, 2.75) is 157 Å². The SMILES string of the molecule is CC(C)(C)c1nc2cc(-c3ccccc3-c3cc(-c4ccccc4-c4ccc(-c5cc(-c6ccc(-c7ccccc7)cc6)ccn5)cc4)cc(-c4ccccc4-c4ccc5c(c4)nc(C(C)(C)C)n4c6cc7c(cc6nc54)C(C)(C)C(C)(C)C7(C)C)c3)ccc2c2nc3cc4c(cc3n12)C(C)(C)C(C)(C)C4(C)C. The van der Waals surface area contributed by atoms with Crippen molar-refractivity contribution in [2.24, 2.45) is 10.8 Å². The minimum Gasteiger partial charge on any atom is -0.279 e. The van der Waals surface area contributed by atoms with Crippen LogP contribution in [0.2, 0.25) is 0 Å². The van der Waals surface area contributed by atoms with Gasteiger partial charge in [-0.25, -0.2) is 19.9 Å². The lowest BCUT2D eigenvalue weighted by Crippen LogP contribution is -2.42. The second-order valence-corrected chi connectivity index (χ2v) is 36.3. The Hall–Kier alpha value is -11.2. The molecule has 0 atom stereocenters. The quantitative estimate of drug-likeness (QED) is 0.144. The van der Waals surface area contributed by atoms with Gasteiger partial charge in [-0.2, -0.15) is 0 Å². The number of nitrogens with zero attached hydrogens (tertiary/aromatic N) is 7. The third-order valence-corrected chi connectivity index (χ3v) is 27.1. The van der Waals surface area contributed by atoms with Gasteiger partial charge in [0.15, 0.2) is 0 Å². The fourth-order valence-electron chi connectivity index (χ4n) is 18.4. The monoisotopic (exact) mass is 1410 g/mol. The molecule has 0 unspecified atom stereocenters. The van der Waals surface area contributed by atoms with Crippen LogP contribution < -0.4 is 0 Å². The number of hydrogen-bond acceptors (Lipinski definition) is 5. The number of fused-ring (bicyclic) bond motifs is 12. The summed E-state index contributed by atoms with van der Waals surface area (Å²) in [5, 5.41) is 2.06. The normalized spacial score (nSPS) is 16.1. The van der Waals surface area contributed by atoms with Crippen LogP contribution in [0.15, 0.2) is 249 Å². The first-order chi connectivity index (χ1) is 51.3. The number of aromatic nitrogens is 7. The van der Waals surface area contributed by atoms with E-state index in [1.807, 2.05) is 6.20 Å². The smallest absolute Gasteiger partial charge is 0.148 e. The maximum atomic E-state index is 5.70. The lowest BCUT2D eigenvalue weighted by Gasteiger charge is -2.44. The molecule has 7 nitrogen and oxygen atoms in total. The van der Waals surface area contributed by atoms with Crippen molar-refractivity contribution in [3.05, 3.63) is 283 Å². The first kappa shape index (κ1) is 68.6. The molecule has 16 aromatic rings. The molecule has 0 aliphatic heterocycles. The molecule has 11 aromatic carbocycles. The van der Waals surface area contributed by atoms with Crippen LogP contribution in [0, 0.1) is 10.8 Å². The highest BCUT2D eigenvalue weighted by Crippen LogP contribution is 2.64. The topological polar surface area (TPSA) is 73.3 Å². The highest BCUT2D eigenvalue weighted by molar-refractivity contribution is 6.03. The average molecular weight is 1410 g/mol. The summed E-state index contributed by atoms with van der Waals surface area (Å²) >= 11 is 0. The molecule has 2 aliphatic rings. The Morgan fingerprint density at radius 1 is 0.259 bits per heavy atom. The van der Waals surface area contributed by atoms with Crippen LogP contribution in [0.1, 0.15) is 159 Å². The van der Waals surface area contributed by atoms with E-state index in [9.17, 15) is 0 Å². The summed E-state index contributed by atoms with van der Waals surface area (Å²) in [4.78, 5) is 27.5. The number of pyridine rings is 1. The molecule has 0 N–H and O–H groups in total. The van der Waals surface area contributed by atoms with E-state index in [4.69, 9.17) is 24.9 Å². The van der Waals surface area contributed by atoms with Crippen LogP contribution in [0.25, 0.3) is 155 Å². The predicted octanol–water partition coefficient (Wildman–Crippen LogP) is 26.6. The molecule has 2 aliphatic carbocycles. The van der Waals surface area contributed by atoms with Crippen LogP contribution >= 0.6 is 0 Å². The van der Waals surface area contributed by atoms with Gasteiger partial charge in [-0.3, -0.25) is 13.8 Å². The lowest BCUT2D eigenvalue weighted by molar-refractivity contribution is 0.125. The summed E-state index contributed by atoms with van der Waals surface area (Å²) in [5.74, 6) is 1.98.